The molecule has 2 aromatic rings. The van der Waals surface area contributed by atoms with Crippen LogP contribution in [-0.4, -0.2) is 27.4 Å². The summed E-state index contributed by atoms with van der Waals surface area (Å²) in [5.74, 6) is 1.01. The molecule has 1 amide bonds. The molecule has 116 valence electrons. The van der Waals surface area contributed by atoms with E-state index in [2.05, 4.69) is 20.6 Å². The fraction of sp³-hybridized carbons (Fsp3) is 0.267. The Morgan fingerprint density at radius 1 is 1.45 bits per heavy atom. The lowest BCUT2D eigenvalue weighted by Crippen LogP contribution is -2.28. The molecular formula is C15H19N5O2. The van der Waals surface area contributed by atoms with Gasteiger partial charge in [0.05, 0.1) is 6.10 Å². The van der Waals surface area contributed by atoms with Crippen molar-refractivity contribution in [1.29, 1.82) is 5.41 Å². The quantitative estimate of drug-likeness (QED) is 0.317. The SMILES string of the molecule is CC(CC(O)c1ccccc1)c1nc(NC(=N)NC=O)c[nH]1. The van der Waals surface area contributed by atoms with Gasteiger partial charge in [-0.25, -0.2) is 4.98 Å². The van der Waals surface area contributed by atoms with Crippen molar-refractivity contribution in [3.63, 3.8) is 0 Å². The Morgan fingerprint density at radius 2 is 2.18 bits per heavy atom. The number of aliphatic hydroxyl groups is 1. The van der Waals surface area contributed by atoms with Crippen molar-refractivity contribution in [2.75, 3.05) is 5.32 Å². The Labute approximate surface area is 128 Å². The van der Waals surface area contributed by atoms with Gasteiger partial charge in [-0.15, -0.1) is 0 Å². The molecule has 0 aliphatic heterocycles. The van der Waals surface area contributed by atoms with Crippen molar-refractivity contribution in [2.24, 2.45) is 0 Å². The van der Waals surface area contributed by atoms with Crippen molar-refractivity contribution in [3.8, 4) is 0 Å². The van der Waals surface area contributed by atoms with Crippen LogP contribution in [0.5, 0.6) is 0 Å². The number of hydrogen-bond donors (Lipinski definition) is 5. The Kier molecular flexibility index (Phi) is 5.26. The van der Waals surface area contributed by atoms with E-state index in [1.165, 1.54) is 0 Å². The molecule has 0 aliphatic carbocycles. The Hall–Kier alpha value is -2.67. The van der Waals surface area contributed by atoms with E-state index in [1.807, 2.05) is 37.3 Å². The fourth-order valence-electron chi connectivity index (χ4n) is 2.13. The molecule has 0 saturated heterocycles. The summed E-state index contributed by atoms with van der Waals surface area (Å²) in [6.07, 6.45) is 2.00. The number of imidazole rings is 1. The molecule has 2 atom stereocenters. The number of benzene rings is 1. The number of carbonyl (C=O) groups is 1. The van der Waals surface area contributed by atoms with Crippen LogP contribution in [0.15, 0.2) is 36.5 Å². The highest BCUT2D eigenvalue weighted by atomic mass is 16.3. The molecule has 7 nitrogen and oxygen atoms in total. The van der Waals surface area contributed by atoms with E-state index in [0.29, 0.717) is 24.5 Å². The fourth-order valence-corrected chi connectivity index (χ4v) is 2.13. The molecule has 1 aromatic carbocycles. The van der Waals surface area contributed by atoms with Crippen LogP contribution in [0.25, 0.3) is 0 Å². The lowest BCUT2D eigenvalue weighted by Gasteiger charge is -2.15. The van der Waals surface area contributed by atoms with Crippen LogP contribution in [0, 0.1) is 5.41 Å². The minimum Gasteiger partial charge on any atom is -0.388 e. The summed E-state index contributed by atoms with van der Waals surface area (Å²) in [5.41, 5.74) is 0.871. The standard InChI is InChI=1S/C15H19N5O2/c1-10(7-12(22)11-5-3-2-4-6-11)14-17-8-13(19-14)20-15(16)18-9-21/h2-6,8-10,12,22H,7H2,1H3,(H,17,19)(H3,16,18,20,21). The van der Waals surface area contributed by atoms with Crippen LogP contribution in [0.1, 0.15) is 36.8 Å². The Morgan fingerprint density at radius 3 is 2.86 bits per heavy atom. The monoisotopic (exact) mass is 301 g/mol. The van der Waals surface area contributed by atoms with Gasteiger partial charge >= 0.3 is 0 Å². The molecule has 1 aromatic heterocycles. The largest absolute Gasteiger partial charge is 0.388 e. The van der Waals surface area contributed by atoms with Gasteiger partial charge in [0.15, 0.2) is 5.82 Å². The van der Waals surface area contributed by atoms with E-state index >= 15 is 0 Å². The molecular weight excluding hydrogens is 282 g/mol. The molecule has 22 heavy (non-hydrogen) atoms. The van der Waals surface area contributed by atoms with E-state index in [1.54, 1.807) is 6.20 Å². The van der Waals surface area contributed by atoms with Gasteiger partial charge in [-0.3, -0.25) is 15.5 Å². The first-order valence-corrected chi connectivity index (χ1v) is 6.94. The number of nitrogens with zero attached hydrogens (tertiary/aromatic N) is 1. The minimum atomic E-state index is -0.562. The molecule has 0 spiro atoms. The van der Waals surface area contributed by atoms with Crippen molar-refractivity contribution in [3.05, 3.63) is 47.9 Å². The lowest BCUT2D eigenvalue weighted by molar-refractivity contribution is -0.108. The zero-order valence-electron chi connectivity index (χ0n) is 12.2. The lowest BCUT2D eigenvalue weighted by atomic mass is 9.98. The van der Waals surface area contributed by atoms with Crippen molar-refractivity contribution < 1.29 is 9.90 Å². The molecule has 0 bridgehead atoms. The third-order valence-corrected chi connectivity index (χ3v) is 3.28. The number of nitrogens with one attached hydrogen (secondary N) is 4. The average Bonchev–Trinajstić information content (AvgIpc) is 2.97. The predicted molar refractivity (Wildman–Crippen MR) is 83.6 cm³/mol. The van der Waals surface area contributed by atoms with Crippen molar-refractivity contribution >= 4 is 18.2 Å². The maximum atomic E-state index is 10.2. The highest BCUT2D eigenvalue weighted by Gasteiger charge is 2.16. The van der Waals surface area contributed by atoms with Gasteiger partial charge in [0, 0.05) is 12.1 Å². The summed E-state index contributed by atoms with van der Waals surface area (Å²) >= 11 is 0. The van der Waals surface area contributed by atoms with Crippen LogP contribution >= 0.6 is 0 Å². The van der Waals surface area contributed by atoms with Crippen LogP contribution < -0.4 is 10.6 Å². The summed E-state index contributed by atoms with van der Waals surface area (Å²) in [4.78, 5) is 17.5. The summed E-state index contributed by atoms with van der Waals surface area (Å²) in [5, 5.41) is 22.5. The molecule has 0 saturated carbocycles. The number of aromatic nitrogens is 2. The van der Waals surface area contributed by atoms with Crippen molar-refractivity contribution in [2.45, 2.75) is 25.4 Å². The first-order chi connectivity index (χ1) is 10.6. The molecule has 5 N–H and O–H groups in total. The first kappa shape index (κ1) is 15.7. The number of rotatable bonds is 6. The maximum Gasteiger partial charge on any atom is 0.213 e. The van der Waals surface area contributed by atoms with Gasteiger partial charge in [0.2, 0.25) is 12.4 Å². The maximum absolute atomic E-state index is 10.2. The summed E-state index contributed by atoms with van der Waals surface area (Å²) < 4.78 is 0. The number of H-pyrrole nitrogens is 1. The van der Waals surface area contributed by atoms with Gasteiger partial charge in [0.25, 0.3) is 0 Å². The third kappa shape index (κ3) is 4.16. The number of carbonyl (C=O) groups excluding carboxylic acids is 1. The van der Waals surface area contributed by atoms with E-state index in [0.717, 1.165) is 5.56 Å². The molecule has 0 radical (unpaired) electrons. The van der Waals surface area contributed by atoms with Gasteiger partial charge in [-0.2, -0.15) is 0 Å². The molecule has 7 heteroatoms. The number of amides is 1. The number of guanidine groups is 1. The van der Waals surface area contributed by atoms with E-state index in [9.17, 15) is 9.90 Å². The number of aliphatic hydroxyl groups excluding tert-OH is 1. The summed E-state index contributed by atoms with van der Waals surface area (Å²) in [6.45, 7) is 1.96. The summed E-state index contributed by atoms with van der Waals surface area (Å²) in [7, 11) is 0. The molecule has 0 fully saturated rings. The molecule has 2 rings (SSSR count). The first-order valence-electron chi connectivity index (χ1n) is 6.94. The minimum absolute atomic E-state index is 0.0129. The molecule has 2 unspecified atom stereocenters. The second-order valence-electron chi connectivity index (χ2n) is 5.00. The Bertz CT molecular complexity index is 626. The third-order valence-electron chi connectivity index (χ3n) is 3.28. The Balaban J connectivity index is 1.95. The van der Waals surface area contributed by atoms with Crippen LogP contribution in [0.4, 0.5) is 5.82 Å². The van der Waals surface area contributed by atoms with Crippen molar-refractivity contribution in [1.82, 2.24) is 15.3 Å². The number of aromatic amines is 1. The van der Waals surface area contributed by atoms with E-state index in [-0.39, 0.29) is 11.9 Å². The van der Waals surface area contributed by atoms with Gasteiger partial charge < -0.3 is 15.4 Å². The van der Waals surface area contributed by atoms with Gasteiger partial charge in [-0.05, 0) is 12.0 Å². The van der Waals surface area contributed by atoms with E-state index in [4.69, 9.17) is 5.41 Å². The average molecular weight is 301 g/mol. The van der Waals surface area contributed by atoms with E-state index < -0.39 is 6.10 Å². The molecule has 1 heterocycles. The van der Waals surface area contributed by atoms with Gasteiger partial charge in [0.1, 0.15) is 5.82 Å². The highest BCUT2D eigenvalue weighted by molar-refractivity contribution is 5.96. The molecule has 0 aliphatic rings. The smallest absolute Gasteiger partial charge is 0.213 e. The number of anilines is 1. The van der Waals surface area contributed by atoms with Crippen LogP contribution in [0.3, 0.4) is 0 Å². The highest BCUT2D eigenvalue weighted by Crippen LogP contribution is 2.26. The van der Waals surface area contributed by atoms with Crippen LogP contribution in [0.2, 0.25) is 0 Å². The topological polar surface area (TPSA) is 114 Å². The predicted octanol–water partition coefficient (Wildman–Crippen LogP) is 1.73. The second kappa shape index (κ2) is 7.37. The number of hydrogen-bond acceptors (Lipinski definition) is 4. The summed E-state index contributed by atoms with van der Waals surface area (Å²) in [6, 6.07) is 9.47. The van der Waals surface area contributed by atoms with Gasteiger partial charge in [-0.1, -0.05) is 37.3 Å². The zero-order chi connectivity index (χ0) is 15.9. The second-order valence-corrected chi connectivity index (χ2v) is 5.00. The van der Waals surface area contributed by atoms with Crippen LogP contribution in [-0.2, 0) is 4.79 Å². The zero-order valence-corrected chi connectivity index (χ0v) is 12.2. The normalized spacial score (nSPS) is 13.2.